The van der Waals surface area contributed by atoms with Gasteiger partial charge in [0.1, 0.15) is 0 Å². The number of hydrogen-bond acceptors (Lipinski definition) is 3. The Morgan fingerprint density at radius 2 is 2.05 bits per heavy atom. The highest BCUT2D eigenvalue weighted by Gasteiger charge is 2.08. The van der Waals surface area contributed by atoms with Crippen LogP contribution in [0.2, 0.25) is 10.0 Å². The molecule has 0 aliphatic rings. The molecule has 19 heavy (non-hydrogen) atoms. The van der Waals surface area contributed by atoms with Crippen molar-refractivity contribution in [3.63, 3.8) is 0 Å². The molecule has 0 saturated carbocycles. The third kappa shape index (κ3) is 4.18. The number of nitrogens with one attached hydrogen (secondary N) is 1. The van der Waals surface area contributed by atoms with Crippen molar-refractivity contribution in [1.29, 1.82) is 0 Å². The van der Waals surface area contributed by atoms with Gasteiger partial charge in [-0.1, -0.05) is 37.0 Å². The number of hydrogen-bond donors (Lipinski definition) is 1. The van der Waals surface area contributed by atoms with Crippen LogP contribution >= 0.6 is 34.7 Å². The van der Waals surface area contributed by atoms with Gasteiger partial charge in [0.15, 0.2) is 0 Å². The highest BCUT2D eigenvalue weighted by molar-refractivity contribution is 7.06. The van der Waals surface area contributed by atoms with Gasteiger partial charge in [-0.05, 0) is 48.3 Å². The van der Waals surface area contributed by atoms with Crippen molar-refractivity contribution in [3.8, 4) is 11.3 Å². The summed E-state index contributed by atoms with van der Waals surface area (Å²) in [5.74, 6) is 0.651. The SMILES string of the molecule is CC(C)CNCc1cc(-c2ccc(Cl)cc2Cl)ns1. The Labute approximate surface area is 127 Å². The Morgan fingerprint density at radius 3 is 2.74 bits per heavy atom. The number of halogens is 2. The van der Waals surface area contributed by atoms with Crippen LogP contribution in [0.15, 0.2) is 24.3 Å². The molecule has 0 bridgehead atoms. The molecule has 0 atom stereocenters. The molecule has 0 amide bonds. The van der Waals surface area contributed by atoms with E-state index in [1.165, 1.54) is 16.4 Å². The lowest BCUT2D eigenvalue weighted by Crippen LogP contribution is -2.18. The van der Waals surface area contributed by atoms with Gasteiger partial charge in [0.2, 0.25) is 0 Å². The normalized spacial score (nSPS) is 11.2. The zero-order valence-corrected chi connectivity index (χ0v) is 13.2. The Hall–Kier alpha value is -0.610. The maximum Gasteiger partial charge on any atom is 0.0858 e. The molecule has 0 unspecified atom stereocenters. The molecule has 0 fully saturated rings. The molecule has 0 saturated heterocycles. The summed E-state index contributed by atoms with van der Waals surface area (Å²) in [6.07, 6.45) is 0. The van der Waals surface area contributed by atoms with Crippen LogP contribution < -0.4 is 5.32 Å². The number of nitrogens with zero attached hydrogens (tertiary/aromatic N) is 1. The quantitative estimate of drug-likeness (QED) is 0.852. The molecule has 2 rings (SSSR count). The van der Waals surface area contributed by atoms with E-state index in [2.05, 4.69) is 29.6 Å². The average molecular weight is 315 g/mol. The third-order valence-corrected chi connectivity index (χ3v) is 3.95. The van der Waals surface area contributed by atoms with Crippen molar-refractivity contribution >= 4 is 34.7 Å². The lowest BCUT2D eigenvalue weighted by Gasteiger charge is -2.04. The first kappa shape index (κ1) is 14.8. The minimum atomic E-state index is 0.638. The maximum absolute atomic E-state index is 6.18. The smallest absolute Gasteiger partial charge is 0.0858 e. The highest BCUT2D eigenvalue weighted by atomic mass is 35.5. The number of aromatic nitrogens is 1. The van der Waals surface area contributed by atoms with Gasteiger partial charge in [0, 0.05) is 22.0 Å². The summed E-state index contributed by atoms with van der Waals surface area (Å²) in [6.45, 7) is 6.24. The first-order chi connectivity index (χ1) is 9.06. The van der Waals surface area contributed by atoms with E-state index in [9.17, 15) is 0 Å². The molecule has 102 valence electrons. The summed E-state index contributed by atoms with van der Waals surface area (Å²) in [5, 5.41) is 4.69. The first-order valence-corrected chi connectivity index (χ1v) is 7.71. The van der Waals surface area contributed by atoms with E-state index in [-0.39, 0.29) is 0 Å². The van der Waals surface area contributed by atoms with Crippen molar-refractivity contribution < 1.29 is 0 Å². The van der Waals surface area contributed by atoms with Crippen LogP contribution in [0.25, 0.3) is 11.3 Å². The van der Waals surface area contributed by atoms with Gasteiger partial charge in [0.25, 0.3) is 0 Å². The van der Waals surface area contributed by atoms with Gasteiger partial charge >= 0.3 is 0 Å². The van der Waals surface area contributed by atoms with Crippen molar-refractivity contribution in [1.82, 2.24) is 9.69 Å². The third-order valence-electron chi connectivity index (χ3n) is 2.62. The molecule has 0 aliphatic carbocycles. The van der Waals surface area contributed by atoms with Gasteiger partial charge < -0.3 is 5.32 Å². The lowest BCUT2D eigenvalue weighted by atomic mass is 10.1. The van der Waals surface area contributed by atoms with E-state index in [1.807, 2.05) is 12.1 Å². The second kappa shape index (κ2) is 6.71. The Balaban J connectivity index is 2.08. The second-order valence-corrected chi connectivity index (χ2v) is 6.56. The molecule has 1 aromatic carbocycles. The zero-order valence-electron chi connectivity index (χ0n) is 10.9. The van der Waals surface area contributed by atoms with E-state index in [4.69, 9.17) is 23.2 Å². The lowest BCUT2D eigenvalue weighted by molar-refractivity contribution is 0.555. The predicted molar refractivity (Wildman–Crippen MR) is 84.1 cm³/mol. The molecule has 0 spiro atoms. The summed E-state index contributed by atoms with van der Waals surface area (Å²) >= 11 is 13.6. The van der Waals surface area contributed by atoms with Crippen LogP contribution in [0.3, 0.4) is 0 Å². The Bertz CT molecular complexity index is 552. The maximum atomic E-state index is 6.18. The first-order valence-electron chi connectivity index (χ1n) is 6.18. The number of rotatable bonds is 5. The fourth-order valence-corrected chi connectivity index (χ4v) is 2.91. The average Bonchev–Trinajstić information content (AvgIpc) is 2.77. The minimum absolute atomic E-state index is 0.638. The van der Waals surface area contributed by atoms with Crippen LogP contribution in [0, 0.1) is 5.92 Å². The molecule has 1 N–H and O–H groups in total. The Kier molecular flexibility index (Phi) is 5.22. The van der Waals surface area contributed by atoms with Crippen LogP contribution in [0.1, 0.15) is 18.7 Å². The van der Waals surface area contributed by atoms with Gasteiger partial charge in [-0.25, -0.2) is 0 Å². The summed E-state index contributed by atoms with van der Waals surface area (Å²) in [7, 11) is 0. The zero-order chi connectivity index (χ0) is 13.8. The molecule has 5 heteroatoms. The van der Waals surface area contributed by atoms with Crippen molar-refractivity contribution in [3.05, 3.63) is 39.2 Å². The van der Waals surface area contributed by atoms with Crippen LogP contribution in [0.5, 0.6) is 0 Å². The Morgan fingerprint density at radius 1 is 1.26 bits per heavy atom. The van der Waals surface area contributed by atoms with Gasteiger partial charge in [-0.3, -0.25) is 0 Å². The fourth-order valence-electron chi connectivity index (χ4n) is 1.70. The molecule has 1 aromatic heterocycles. The minimum Gasteiger partial charge on any atom is -0.312 e. The molecule has 1 heterocycles. The molecule has 2 aromatic rings. The van der Waals surface area contributed by atoms with E-state index in [1.54, 1.807) is 6.07 Å². The van der Waals surface area contributed by atoms with Crippen molar-refractivity contribution in [2.45, 2.75) is 20.4 Å². The van der Waals surface area contributed by atoms with E-state index in [0.717, 1.165) is 24.3 Å². The topological polar surface area (TPSA) is 24.9 Å². The van der Waals surface area contributed by atoms with Crippen LogP contribution in [-0.2, 0) is 6.54 Å². The van der Waals surface area contributed by atoms with Crippen LogP contribution in [-0.4, -0.2) is 10.9 Å². The molecule has 0 aliphatic heterocycles. The van der Waals surface area contributed by atoms with E-state index in [0.29, 0.717) is 16.0 Å². The summed E-state index contributed by atoms with van der Waals surface area (Å²) in [6, 6.07) is 7.56. The molecular weight excluding hydrogens is 299 g/mol. The molecular formula is C14H16Cl2N2S. The second-order valence-electron chi connectivity index (χ2n) is 4.83. The van der Waals surface area contributed by atoms with E-state index < -0.39 is 0 Å². The van der Waals surface area contributed by atoms with Crippen molar-refractivity contribution in [2.75, 3.05) is 6.54 Å². The molecule has 0 radical (unpaired) electrons. The standard InChI is InChI=1S/C14H16Cl2N2S/c1-9(2)7-17-8-11-6-14(18-19-11)12-4-3-10(15)5-13(12)16/h3-6,9,17H,7-8H2,1-2H3. The monoisotopic (exact) mass is 314 g/mol. The van der Waals surface area contributed by atoms with Gasteiger partial charge in [0.05, 0.1) is 10.7 Å². The van der Waals surface area contributed by atoms with Crippen LogP contribution in [0.4, 0.5) is 0 Å². The van der Waals surface area contributed by atoms with E-state index >= 15 is 0 Å². The summed E-state index contributed by atoms with van der Waals surface area (Å²) in [5.41, 5.74) is 1.84. The number of benzene rings is 1. The molecule has 2 nitrogen and oxygen atoms in total. The predicted octanol–water partition coefficient (Wildman–Crippen LogP) is 4.86. The summed E-state index contributed by atoms with van der Waals surface area (Å²) < 4.78 is 4.45. The summed E-state index contributed by atoms with van der Waals surface area (Å²) in [4.78, 5) is 1.21. The largest absolute Gasteiger partial charge is 0.312 e. The van der Waals surface area contributed by atoms with Gasteiger partial charge in [-0.15, -0.1) is 0 Å². The van der Waals surface area contributed by atoms with Gasteiger partial charge in [-0.2, -0.15) is 4.37 Å². The fraction of sp³-hybridized carbons (Fsp3) is 0.357. The van der Waals surface area contributed by atoms with Crippen molar-refractivity contribution in [2.24, 2.45) is 5.92 Å². The highest BCUT2D eigenvalue weighted by Crippen LogP contribution is 2.30.